The standard InChI is InChI=1S/C14H28N2O2S/c1-12(2)15-8-4-13(5-9-15)16-10-6-14(7-11-16)19(3,17)18/h12-14H,4-11H2,1-3H3. The van der Waals surface area contributed by atoms with Gasteiger partial charge in [-0.25, -0.2) is 8.42 Å². The Labute approximate surface area is 118 Å². The maximum atomic E-state index is 11.6. The quantitative estimate of drug-likeness (QED) is 0.786. The number of likely N-dealkylation sites (tertiary alicyclic amines) is 2. The molecule has 4 nitrogen and oxygen atoms in total. The molecule has 2 aliphatic rings. The largest absolute Gasteiger partial charge is 0.301 e. The molecule has 2 saturated heterocycles. The Hall–Kier alpha value is -0.130. The Kier molecular flexibility index (Phi) is 4.90. The van der Waals surface area contributed by atoms with Gasteiger partial charge in [0.1, 0.15) is 9.84 Å². The second-order valence-corrected chi connectivity index (χ2v) is 8.75. The van der Waals surface area contributed by atoms with Crippen LogP contribution in [-0.4, -0.2) is 68.0 Å². The van der Waals surface area contributed by atoms with Crippen molar-refractivity contribution in [3.05, 3.63) is 0 Å². The number of hydrogen-bond donors (Lipinski definition) is 0. The lowest BCUT2D eigenvalue weighted by Gasteiger charge is -2.42. The molecule has 112 valence electrons. The topological polar surface area (TPSA) is 40.6 Å². The minimum absolute atomic E-state index is 0.0977. The van der Waals surface area contributed by atoms with Crippen molar-refractivity contribution >= 4 is 9.84 Å². The molecule has 0 unspecified atom stereocenters. The number of rotatable bonds is 3. The van der Waals surface area contributed by atoms with Crippen LogP contribution < -0.4 is 0 Å². The maximum Gasteiger partial charge on any atom is 0.150 e. The summed E-state index contributed by atoms with van der Waals surface area (Å²) in [5, 5.41) is -0.0977. The number of hydrogen-bond acceptors (Lipinski definition) is 4. The molecule has 0 aromatic rings. The lowest BCUT2D eigenvalue weighted by Crippen LogP contribution is -2.50. The summed E-state index contributed by atoms with van der Waals surface area (Å²) in [5.41, 5.74) is 0. The molecule has 0 aliphatic carbocycles. The second-order valence-electron chi connectivity index (χ2n) is 6.43. The van der Waals surface area contributed by atoms with E-state index in [-0.39, 0.29) is 5.25 Å². The summed E-state index contributed by atoms with van der Waals surface area (Å²) in [5.74, 6) is 0. The van der Waals surface area contributed by atoms with E-state index in [0.717, 1.165) is 25.9 Å². The average molecular weight is 288 g/mol. The molecule has 2 fully saturated rings. The second kappa shape index (κ2) is 6.10. The predicted molar refractivity (Wildman–Crippen MR) is 79.2 cm³/mol. The molecule has 5 heteroatoms. The Morgan fingerprint density at radius 2 is 1.47 bits per heavy atom. The van der Waals surface area contributed by atoms with Gasteiger partial charge in [-0.3, -0.25) is 0 Å². The van der Waals surface area contributed by atoms with E-state index in [2.05, 4.69) is 23.6 Å². The molecular weight excluding hydrogens is 260 g/mol. The lowest BCUT2D eigenvalue weighted by molar-refractivity contribution is 0.0802. The van der Waals surface area contributed by atoms with Gasteiger partial charge in [0.05, 0.1) is 5.25 Å². The molecule has 2 aliphatic heterocycles. The summed E-state index contributed by atoms with van der Waals surface area (Å²) < 4.78 is 23.1. The first-order valence-electron chi connectivity index (χ1n) is 7.55. The van der Waals surface area contributed by atoms with Gasteiger partial charge in [-0.05, 0) is 65.7 Å². The highest BCUT2D eigenvalue weighted by Gasteiger charge is 2.31. The van der Waals surface area contributed by atoms with Crippen molar-refractivity contribution in [1.29, 1.82) is 0 Å². The van der Waals surface area contributed by atoms with E-state index in [9.17, 15) is 8.42 Å². The van der Waals surface area contributed by atoms with E-state index in [0.29, 0.717) is 12.1 Å². The van der Waals surface area contributed by atoms with Crippen LogP contribution in [0.3, 0.4) is 0 Å². The molecule has 0 radical (unpaired) electrons. The van der Waals surface area contributed by atoms with Gasteiger partial charge in [-0.2, -0.15) is 0 Å². The first-order valence-corrected chi connectivity index (χ1v) is 9.50. The SMILES string of the molecule is CC(C)N1CCC(N2CCC(S(C)(=O)=O)CC2)CC1. The molecule has 0 aromatic heterocycles. The van der Waals surface area contributed by atoms with Crippen LogP contribution in [0.2, 0.25) is 0 Å². The molecule has 0 spiro atoms. The average Bonchev–Trinajstić information content (AvgIpc) is 2.38. The van der Waals surface area contributed by atoms with E-state index in [1.165, 1.54) is 32.2 Å². The molecule has 0 saturated carbocycles. The van der Waals surface area contributed by atoms with Crippen molar-refractivity contribution in [3.8, 4) is 0 Å². The third-order valence-corrected chi connectivity index (χ3v) is 6.51. The van der Waals surface area contributed by atoms with Gasteiger partial charge in [0.25, 0.3) is 0 Å². The third-order valence-electron chi connectivity index (χ3n) is 4.83. The first kappa shape index (κ1) is 15.3. The van der Waals surface area contributed by atoms with Crippen LogP contribution in [0.25, 0.3) is 0 Å². The highest BCUT2D eigenvalue weighted by molar-refractivity contribution is 7.91. The van der Waals surface area contributed by atoms with Crippen LogP contribution in [0.15, 0.2) is 0 Å². The highest BCUT2D eigenvalue weighted by atomic mass is 32.2. The Balaban J connectivity index is 1.80. The Bertz CT molecular complexity index is 378. The fourth-order valence-corrected chi connectivity index (χ4v) is 4.50. The van der Waals surface area contributed by atoms with Crippen molar-refractivity contribution < 1.29 is 8.42 Å². The van der Waals surface area contributed by atoms with Gasteiger partial charge in [-0.15, -0.1) is 0 Å². The van der Waals surface area contributed by atoms with E-state index in [1.54, 1.807) is 0 Å². The zero-order chi connectivity index (χ0) is 14.0. The molecule has 0 bridgehead atoms. The zero-order valence-electron chi connectivity index (χ0n) is 12.5. The summed E-state index contributed by atoms with van der Waals surface area (Å²) in [6, 6.07) is 1.33. The summed E-state index contributed by atoms with van der Waals surface area (Å²) in [6.45, 7) is 8.83. The number of nitrogens with zero attached hydrogens (tertiary/aromatic N) is 2. The summed E-state index contributed by atoms with van der Waals surface area (Å²) in [6.07, 6.45) is 5.50. The minimum Gasteiger partial charge on any atom is -0.301 e. The fraction of sp³-hybridized carbons (Fsp3) is 1.00. The van der Waals surface area contributed by atoms with Gasteiger partial charge < -0.3 is 9.80 Å². The van der Waals surface area contributed by atoms with Crippen LogP contribution >= 0.6 is 0 Å². The number of sulfone groups is 1. The monoisotopic (exact) mass is 288 g/mol. The van der Waals surface area contributed by atoms with E-state index in [4.69, 9.17) is 0 Å². The van der Waals surface area contributed by atoms with Gasteiger partial charge in [-0.1, -0.05) is 0 Å². The van der Waals surface area contributed by atoms with Crippen LogP contribution in [-0.2, 0) is 9.84 Å². The molecule has 2 rings (SSSR count). The highest BCUT2D eigenvalue weighted by Crippen LogP contribution is 2.24. The van der Waals surface area contributed by atoms with Gasteiger partial charge in [0, 0.05) is 18.3 Å². The zero-order valence-corrected chi connectivity index (χ0v) is 13.3. The van der Waals surface area contributed by atoms with E-state index >= 15 is 0 Å². The molecule has 19 heavy (non-hydrogen) atoms. The fourth-order valence-electron chi connectivity index (χ4n) is 3.44. The smallest absolute Gasteiger partial charge is 0.150 e. The van der Waals surface area contributed by atoms with Crippen LogP contribution in [0.5, 0.6) is 0 Å². The van der Waals surface area contributed by atoms with Gasteiger partial charge >= 0.3 is 0 Å². The van der Waals surface area contributed by atoms with Crippen molar-refractivity contribution in [2.24, 2.45) is 0 Å². The van der Waals surface area contributed by atoms with E-state index in [1.807, 2.05) is 0 Å². The third kappa shape index (κ3) is 3.92. The number of piperidine rings is 2. The van der Waals surface area contributed by atoms with Gasteiger partial charge in [0.15, 0.2) is 0 Å². The predicted octanol–water partition coefficient (Wildman–Crippen LogP) is 1.37. The van der Waals surface area contributed by atoms with Crippen LogP contribution in [0.4, 0.5) is 0 Å². The van der Waals surface area contributed by atoms with E-state index < -0.39 is 9.84 Å². The maximum absolute atomic E-state index is 11.6. The van der Waals surface area contributed by atoms with Crippen molar-refractivity contribution in [3.63, 3.8) is 0 Å². The van der Waals surface area contributed by atoms with Crippen LogP contribution in [0.1, 0.15) is 39.5 Å². The lowest BCUT2D eigenvalue weighted by atomic mass is 9.99. The Morgan fingerprint density at radius 1 is 0.947 bits per heavy atom. The molecule has 2 heterocycles. The minimum atomic E-state index is -2.83. The first-order chi connectivity index (χ1) is 8.88. The molecule has 0 atom stereocenters. The molecular formula is C14H28N2O2S. The van der Waals surface area contributed by atoms with Crippen LogP contribution in [0, 0.1) is 0 Å². The molecule has 0 amide bonds. The normalized spacial score (nSPS) is 26.1. The summed E-state index contributed by atoms with van der Waals surface area (Å²) in [4.78, 5) is 5.07. The van der Waals surface area contributed by atoms with Gasteiger partial charge in [0.2, 0.25) is 0 Å². The summed E-state index contributed by atoms with van der Waals surface area (Å²) >= 11 is 0. The molecule has 0 N–H and O–H groups in total. The molecule has 0 aromatic carbocycles. The summed E-state index contributed by atoms with van der Waals surface area (Å²) in [7, 11) is -2.83. The van der Waals surface area contributed by atoms with Crippen molar-refractivity contribution in [2.75, 3.05) is 32.4 Å². The van der Waals surface area contributed by atoms with Crippen molar-refractivity contribution in [2.45, 2.75) is 56.9 Å². The van der Waals surface area contributed by atoms with Crippen molar-refractivity contribution in [1.82, 2.24) is 9.80 Å². The Morgan fingerprint density at radius 3 is 1.89 bits per heavy atom.